The van der Waals surface area contributed by atoms with E-state index in [1.807, 2.05) is 0 Å². The van der Waals surface area contributed by atoms with Gasteiger partial charge in [0.25, 0.3) is 6.43 Å². The van der Waals surface area contributed by atoms with Gasteiger partial charge in [0.2, 0.25) is 0 Å². The Labute approximate surface area is 86.9 Å². The number of aromatic nitrogens is 1. The Hall–Kier alpha value is -0.970. The predicted octanol–water partition coefficient (Wildman–Crippen LogP) is 2.30. The Morgan fingerprint density at radius 2 is 2.40 bits per heavy atom. The Bertz CT molecular complexity index is 308. The maximum Gasteiger partial charge on any atom is 0.297 e. The fourth-order valence-electron chi connectivity index (χ4n) is 1.83. The van der Waals surface area contributed by atoms with Gasteiger partial charge in [-0.25, -0.2) is 13.8 Å². The number of nitrogens with one attached hydrogen (secondary N) is 1. The zero-order chi connectivity index (χ0) is 10.7. The molecule has 1 fully saturated rings. The van der Waals surface area contributed by atoms with Crippen molar-refractivity contribution in [3.8, 4) is 0 Å². The van der Waals surface area contributed by atoms with E-state index in [0.717, 1.165) is 19.2 Å². The topological polar surface area (TPSA) is 38.1 Å². The van der Waals surface area contributed by atoms with Crippen molar-refractivity contribution in [1.82, 2.24) is 10.3 Å². The van der Waals surface area contributed by atoms with Crippen LogP contribution in [0.3, 0.4) is 0 Å². The number of hydrogen-bond donors (Lipinski definition) is 1. The smallest absolute Gasteiger partial charge is 0.297 e. The van der Waals surface area contributed by atoms with E-state index in [9.17, 15) is 8.78 Å². The van der Waals surface area contributed by atoms with E-state index in [0.29, 0.717) is 18.4 Å². The van der Waals surface area contributed by atoms with Gasteiger partial charge in [0.1, 0.15) is 0 Å². The lowest BCUT2D eigenvalue weighted by atomic mass is 10.0. The van der Waals surface area contributed by atoms with Crippen LogP contribution in [0.4, 0.5) is 8.78 Å². The zero-order valence-corrected chi connectivity index (χ0v) is 8.38. The van der Waals surface area contributed by atoms with Crippen molar-refractivity contribution < 1.29 is 13.2 Å². The minimum atomic E-state index is -2.56. The maximum atomic E-state index is 12.2. The number of piperidine rings is 1. The third-order valence-corrected chi connectivity index (χ3v) is 2.62. The van der Waals surface area contributed by atoms with Crippen LogP contribution in [-0.2, 0) is 6.42 Å². The molecule has 2 heterocycles. The van der Waals surface area contributed by atoms with Crippen molar-refractivity contribution in [3.63, 3.8) is 0 Å². The molecule has 0 bridgehead atoms. The lowest BCUT2D eigenvalue weighted by Crippen LogP contribution is -2.35. The van der Waals surface area contributed by atoms with Gasteiger partial charge in [0, 0.05) is 12.5 Å². The second kappa shape index (κ2) is 4.70. The van der Waals surface area contributed by atoms with Gasteiger partial charge in [-0.3, -0.25) is 0 Å². The monoisotopic (exact) mass is 216 g/mol. The van der Waals surface area contributed by atoms with E-state index in [-0.39, 0.29) is 5.76 Å². The van der Waals surface area contributed by atoms with Crippen LogP contribution >= 0.6 is 0 Å². The van der Waals surface area contributed by atoms with Gasteiger partial charge in [-0.05, 0) is 19.4 Å². The van der Waals surface area contributed by atoms with Gasteiger partial charge in [0.05, 0.1) is 6.20 Å². The number of hydrogen-bond acceptors (Lipinski definition) is 3. The number of alkyl halides is 2. The molecule has 0 saturated carbocycles. The molecule has 1 saturated heterocycles. The van der Waals surface area contributed by atoms with Crippen LogP contribution in [0.25, 0.3) is 0 Å². The van der Waals surface area contributed by atoms with Crippen LogP contribution in [-0.4, -0.2) is 17.6 Å². The molecule has 5 heteroatoms. The SMILES string of the molecule is FC(F)c1cnc(CC2CCCCN2)o1. The molecule has 1 unspecified atom stereocenters. The summed E-state index contributed by atoms with van der Waals surface area (Å²) in [5.41, 5.74) is 0. The number of halogens is 2. The molecule has 1 N–H and O–H groups in total. The van der Waals surface area contributed by atoms with E-state index in [1.165, 1.54) is 12.8 Å². The van der Waals surface area contributed by atoms with Gasteiger partial charge in [-0.2, -0.15) is 0 Å². The van der Waals surface area contributed by atoms with E-state index in [4.69, 9.17) is 4.42 Å². The normalized spacial score (nSPS) is 22.2. The first-order valence-corrected chi connectivity index (χ1v) is 5.22. The zero-order valence-electron chi connectivity index (χ0n) is 8.38. The maximum absolute atomic E-state index is 12.2. The Morgan fingerprint density at radius 1 is 1.53 bits per heavy atom. The van der Waals surface area contributed by atoms with Crippen molar-refractivity contribution in [1.29, 1.82) is 0 Å². The standard InChI is InChI=1S/C10H14F2N2O/c11-10(12)8-6-14-9(15-8)5-7-3-1-2-4-13-7/h6-7,10,13H,1-5H2. The molecular formula is C10H14F2N2O. The highest BCUT2D eigenvalue weighted by Gasteiger charge is 2.18. The van der Waals surface area contributed by atoms with Crippen LogP contribution in [0.2, 0.25) is 0 Å². The summed E-state index contributed by atoms with van der Waals surface area (Å²) in [4.78, 5) is 3.84. The van der Waals surface area contributed by atoms with Crippen LogP contribution < -0.4 is 5.32 Å². The van der Waals surface area contributed by atoms with Crippen LogP contribution in [0.1, 0.15) is 37.3 Å². The number of rotatable bonds is 3. The molecule has 0 radical (unpaired) electrons. The highest BCUT2D eigenvalue weighted by atomic mass is 19.3. The predicted molar refractivity (Wildman–Crippen MR) is 50.8 cm³/mol. The van der Waals surface area contributed by atoms with E-state index in [1.54, 1.807) is 0 Å². The summed E-state index contributed by atoms with van der Waals surface area (Å²) in [7, 11) is 0. The summed E-state index contributed by atoms with van der Waals surface area (Å²) < 4.78 is 29.4. The molecule has 3 nitrogen and oxygen atoms in total. The van der Waals surface area contributed by atoms with Gasteiger partial charge < -0.3 is 9.73 Å². The van der Waals surface area contributed by atoms with Gasteiger partial charge >= 0.3 is 0 Å². The number of nitrogens with zero attached hydrogens (tertiary/aromatic N) is 1. The lowest BCUT2D eigenvalue weighted by Gasteiger charge is -2.21. The van der Waals surface area contributed by atoms with Crippen molar-refractivity contribution >= 4 is 0 Å². The molecule has 0 aromatic carbocycles. The summed E-state index contributed by atoms with van der Waals surface area (Å²) in [5.74, 6) is 0.0745. The third kappa shape index (κ3) is 2.75. The fraction of sp³-hybridized carbons (Fsp3) is 0.700. The first kappa shape index (κ1) is 10.5. The highest BCUT2D eigenvalue weighted by molar-refractivity contribution is 4.97. The summed E-state index contributed by atoms with van der Waals surface area (Å²) in [6, 6.07) is 0.322. The first-order valence-electron chi connectivity index (χ1n) is 5.22. The molecular weight excluding hydrogens is 202 g/mol. The van der Waals surface area contributed by atoms with Crippen LogP contribution in [0.5, 0.6) is 0 Å². The quantitative estimate of drug-likeness (QED) is 0.842. The molecule has 0 spiro atoms. The summed E-state index contributed by atoms with van der Waals surface area (Å²) in [6.45, 7) is 0.993. The van der Waals surface area contributed by atoms with E-state index >= 15 is 0 Å². The van der Waals surface area contributed by atoms with E-state index in [2.05, 4.69) is 10.3 Å². The molecule has 2 rings (SSSR count). The van der Waals surface area contributed by atoms with Crippen LogP contribution in [0.15, 0.2) is 10.6 Å². The molecule has 0 aliphatic carbocycles. The second-order valence-corrected chi connectivity index (χ2v) is 3.81. The molecule has 1 atom stereocenters. The van der Waals surface area contributed by atoms with Crippen molar-refractivity contribution in [2.75, 3.05) is 6.54 Å². The molecule has 0 amide bonds. The molecule has 1 aromatic rings. The summed E-state index contributed by atoms with van der Waals surface area (Å²) in [6.07, 6.45) is 2.58. The molecule has 84 valence electrons. The average Bonchev–Trinajstić information content (AvgIpc) is 2.68. The highest BCUT2D eigenvalue weighted by Crippen LogP contribution is 2.20. The largest absolute Gasteiger partial charge is 0.440 e. The van der Waals surface area contributed by atoms with E-state index < -0.39 is 6.43 Å². The minimum Gasteiger partial charge on any atom is -0.440 e. The summed E-state index contributed by atoms with van der Waals surface area (Å²) >= 11 is 0. The third-order valence-electron chi connectivity index (χ3n) is 2.62. The Balaban J connectivity index is 1.91. The Morgan fingerprint density at radius 3 is 3.00 bits per heavy atom. The Kier molecular flexibility index (Phi) is 3.30. The van der Waals surface area contributed by atoms with Crippen molar-refractivity contribution in [2.45, 2.75) is 38.2 Å². The van der Waals surface area contributed by atoms with Crippen LogP contribution in [0, 0.1) is 0 Å². The van der Waals surface area contributed by atoms with Crippen molar-refractivity contribution in [2.24, 2.45) is 0 Å². The summed E-state index contributed by atoms with van der Waals surface area (Å²) in [5, 5.41) is 3.32. The minimum absolute atomic E-state index is 0.322. The fourth-order valence-corrected chi connectivity index (χ4v) is 1.83. The first-order chi connectivity index (χ1) is 7.25. The molecule has 1 aliphatic rings. The molecule has 1 aliphatic heterocycles. The molecule has 15 heavy (non-hydrogen) atoms. The van der Waals surface area contributed by atoms with Crippen molar-refractivity contribution in [3.05, 3.63) is 17.8 Å². The van der Waals surface area contributed by atoms with Gasteiger partial charge in [-0.1, -0.05) is 6.42 Å². The average molecular weight is 216 g/mol. The molecule has 1 aromatic heterocycles. The number of oxazole rings is 1. The van der Waals surface area contributed by atoms with Gasteiger partial charge in [0.15, 0.2) is 11.7 Å². The lowest BCUT2D eigenvalue weighted by molar-refractivity contribution is 0.119. The second-order valence-electron chi connectivity index (χ2n) is 3.81. The van der Waals surface area contributed by atoms with Gasteiger partial charge in [-0.15, -0.1) is 0 Å².